The first kappa shape index (κ1) is 9.58. The lowest BCUT2D eigenvalue weighted by Gasteiger charge is -2.13. The van der Waals surface area contributed by atoms with Gasteiger partial charge in [0.05, 0.1) is 5.37 Å². The Balaban J connectivity index is 2.59. The van der Waals surface area contributed by atoms with Gasteiger partial charge in [-0.1, -0.05) is 30.3 Å². The number of hydrogen-bond acceptors (Lipinski definition) is 3. The first-order chi connectivity index (χ1) is 5.70. The van der Waals surface area contributed by atoms with Crippen LogP contribution in [0.15, 0.2) is 30.3 Å². The van der Waals surface area contributed by atoms with Crippen LogP contribution >= 0.6 is 11.8 Å². The van der Waals surface area contributed by atoms with Crippen LogP contribution in [0.2, 0.25) is 0 Å². The third kappa shape index (κ3) is 2.85. The molecule has 2 nitrogen and oxygen atoms in total. The highest BCUT2D eigenvalue weighted by molar-refractivity contribution is 8.00. The molecular weight excluding hydrogens is 168 g/mol. The normalized spacial score (nSPS) is 15.6. The van der Waals surface area contributed by atoms with Crippen LogP contribution in [0.5, 0.6) is 0 Å². The van der Waals surface area contributed by atoms with Crippen molar-refractivity contribution in [2.45, 2.75) is 17.7 Å². The molecule has 0 aliphatic rings. The molecule has 0 bridgehead atoms. The molecule has 0 aliphatic carbocycles. The maximum absolute atomic E-state index is 5.88. The van der Waals surface area contributed by atoms with Gasteiger partial charge in [-0.3, -0.25) is 0 Å². The van der Waals surface area contributed by atoms with Gasteiger partial charge in [-0.05, 0) is 12.5 Å². The molecule has 1 rings (SSSR count). The molecule has 4 N–H and O–H groups in total. The summed E-state index contributed by atoms with van der Waals surface area (Å²) < 4.78 is 0. The Morgan fingerprint density at radius 2 is 1.75 bits per heavy atom. The van der Waals surface area contributed by atoms with E-state index in [9.17, 15) is 0 Å². The van der Waals surface area contributed by atoms with Crippen molar-refractivity contribution in [2.75, 3.05) is 0 Å². The zero-order valence-corrected chi connectivity index (χ0v) is 7.92. The molecule has 0 fully saturated rings. The third-order valence-corrected chi connectivity index (χ3v) is 2.48. The minimum absolute atomic E-state index is 0.00815. The lowest BCUT2D eigenvalue weighted by molar-refractivity contribution is 0.979. The van der Waals surface area contributed by atoms with Gasteiger partial charge in [0.25, 0.3) is 0 Å². The highest BCUT2D eigenvalue weighted by Gasteiger charge is 2.07. The lowest BCUT2D eigenvalue weighted by Crippen LogP contribution is -2.16. The Bertz CT molecular complexity index is 223. The smallest absolute Gasteiger partial charge is 0.0779 e. The van der Waals surface area contributed by atoms with Crippen molar-refractivity contribution in [3.63, 3.8) is 0 Å². The summed E-state index contributed by atoms with van der Waals surface area (Å²) >= 11 is 1.56. The maximum Gasteiger partial charge on any atom is 0.0779 e. The van der Waals surface area contributed by atoms with Crippen LogP contribution in [-0.2, 0) is 0 Å². The molecule has 0 aromatic heterocycles. The van der Waals surface area contributed by atoms with Gasteiger partial charge in [-0.15, -0.1) is 11.8 Å². The van der Waals surface area contributed by atoms with Crippen LogP contribution in [-0.4, -0.2) is 5.37 Å². The van der Waals surface area contributed by atoms with Crippen molar-refractivity contribution in [1.29, 1.82) is 0 Å². The summed E-state index contributed by atoms with van der Waals surface area (Å²) in [5.41, 5.74) is 12.6. The fraction of sp³-hybridized carbons (Fsp3) is 0.333. The number of hydrogen-bond donors (Lipinski definition) is 2. The van der Waals surface area contributed by atoms with E-state index in [1.54, 1.807) is 11.8 Å². The second-order valence-electron chi connectivity index (χ2n) is 2.67. The van der Waals surface area contributed by atoms with Gasteiger partial charge in [-0.2, -0.15) is 0 Å². The average Bonchev–Trinajstić information content (AvgIpc) is 2.05. The minimum atomic E-state index is -0.00815. The van der Waals surface area contributed by atoms with Gasteiger partial charge in [0, 0.05) is 5.37 Å². The lowest BCUT2D eigenvalue weighted by atomic mass is 10.2. The fourth-order valence-corrected chi connectivity index (χ4v) is 1.73. The molecule has 2 atom stereocenters. The summed E-state index contributed by atoms with van der Waals surface area (Å²) in [4.78, 5) is 0. The monoisotopic (exact) mass is 182 g/mol. The van der Waals surface area contributed by atoms with Crippen molar-refractivity contribution in [2.24, 2.45) is 11.5 Å². The highest BCUT2D eigenvalue weighted by atomic mass is 32.2. The standard InChI is InChI=1S/C9H14N2S/c1-7(10)12-9(11)8-5-3-2-4-6-8/h2-7,9H,10-11H2,1H3. The van der Waals surface area contributed by atoms with E-state index in [1.807, 2.05) is 37.3 Å². The second-order valence-corrected chi connectivity index (χ2v) is 4.20. The number of nitrogens with two attached hydrogens (primary N) is 2. The molecule has 0 radical (unpaired) electrons. The highest BCUT2D eigenvalue weighted by Crippen LogP contribution is 2.24. The van der Waals surface area contributed by atoms with Gasteiger partial charge in [0.1, 0.15) is 0 Å². The van der Waals surface area contributed by atoms with Gasteiger partial charge in [0.2, 0.25) is 0 Å². The Labute approximate surface area is 77.3 Å². The van der Waals surface area contributed by atoms with E-state index in [-0.39, 0.29) is 10.7 Å². The van der Waals surface area contributed by atoms with Crippen molar-refractivity contribution >= 4 is 11.8 Å². The molecule has 1 aromatic rings. The van der Waals surface area contributed by atoms with E-state index in [0.29, 0.717) is 0 Å². The molecule has 0 saturated heterocycles. The van der Waals surface area contributed by atoms with Crippen LogP contribution < -0.4 is 11.5 Å². The molecule has 0 saturated carbocycles. The average molecular weight is 182 g/mol. The van der Waals surface area contributed by atoms with Crippen LogP contribution in [0.25, 0.3) is 0 Å². The van der Waals surface area contributed by atoms with Crippen LogP contribution in [0.4, 0.5) is 0 Å². The summed E-state index contributed by atoms with van der Waals surface area (Å²) in [6.45, 7) is 1.94. The van der Waals surface area contributed by atoms with Gasteiger partial charge < -0.3 is 11.5 Å². The molecule has 12 heavy (non-hydrogen) atoms. The molecule has 1 aromatic carbocycles. The predicted octanol–water partition coefficient (Wildman–Crippen LogP) is 1.68. The Morgan fingerprint density at radius 3 is 2.25 bits per heavy atom. The molecule has 2 unspecified atom stereocenters. The number of thioether (sulfide) groups is 1. The quantitative estimate of drug-likeness (QED) is 0.699. The van der Waals surface area contributed by atoms with Gasteiger partial charge >= 0.3 is 0 Å². The van der Waals surface area contributed by atoms with Crippen LogP contribution in [0.3, 0.4) is 0 Å². The van der Waals surface area contributed by atoms with Gasteiger partial charge in [-0.25, -0.2) is 0 Å². The van der Waals surface area contributed by atoms with E-state index in [4.69, 9.17) is 11.5 Å². The van der Waals surface area contributed by atoms with E-state index < -0.39 is 0 Å². The van der Waals surface area contributed by atoms with Crippen molar-refractivity contribution in [3.8, 4) is 0 Å². The third-order valence-electron chi connectivity index (χ3n) is 1.49. The Kier molecular flexibility index (Phi) is 3.59. The Morgan fingerprint density at radius 1 is 1.17 bits per heavy atom. The summed E-state index contributed by atoms with van der Waals surface area (Å²) in [7, 11) is 0. The summed E-state index contributed by atoms with van der Waals surface area (Å²) in [6.07, 6.45) is 0. The van der Waals surface area contributed by atoms with E-state index in [2.05, 4.69) is 0 Å². The molecule has 66 valence electrons. The Hall–Kier alpha value is -0.510. The van der Waals surface area contributed by atoms with E-state index >= 15 is 0 Å². The predicted molar refractivity (Wildman–Crippen MR) is 54.6 cm³/mol. The van der Waals surface area contributed by atoms with Crippen molar-refractivity contribution in [3.05, 3.63) is 35.9 Å². The number of rotatable bonds is 3. The first-order valence-corrected chi connectivity index (χ1v) is 4.86. The van der Waals surface area contributed by atoms with Gasteiger partial charge in [0.15, 0.2) is 0 Å². The van der Waals surface area contributed by atoms with E-state index in [1.165, 1.54) is 0 Å². The second kappa shape index (κ2) is 4.50. The SMILES string of the molecule is CC(N)SC(N)c1ccccc1. The number of benzene rings is 1. The maximum atomic E-state index is 5.88. The summed E-state index contributed by atoms with van der Waals surface area (Å²) in [6, 6.07) is 9.97. The molecule has 0 heterocycles. The van der Waals surface area contributed by atoms with Crippen LogP contribution in [0, 0.1) is 0 Å². The zero-order chi connectivity index (χ0) is 8.97. The van der Waals surface area contributed by atoms with Crippen molar-refractivity contribution < 1.29 is 0 Å². The summed E-state index contributed by atoms with van der Waals surface area (Å²) in [5.74, 6) is 0. The zero-order valence-electron chi connectivity index (χ0n) is 7.10. The fourth-order valence-electron chi connectivity index (χ4n) is 0.953. The largest absolute Gasteiger partial charge is 0.320 e. The minimum Gasteiger partial charge on any atom is -0.320 e. The van der Waals surface area contributed by atoms with Crippen molar-refractivity contribution in [1.82, 2.24) is 0 Å². The summed E-state index contributed by atoms with van der Waals surface area (Å²) in [5, 5.41) is 0.0754. The molecular formula is C9H14N2S. The molecule has 0 aliphatic heterocycles. The van der Waals surface area contributed by atoms with Crippen LogP contribution in [0.1, 0.15) is 17.9 Å². The molecule has 0 amide bonds. The first-order valence-electron chi connectivity index (χ1n) is 3.91. The molecule has 0 spiro atoms. The van der Waals surface area contributed by atoms with E-state index in [0.717, 1.165) is 5.56 Å². The molecule has 3 heteroatoms. The topological polar surface area (TPSA) is 52.0 Å².